The summed E-state index contributed by atoms with van der Waals surface area (Å²) in [5.41, 5.74) is 7.22. The van der Waals surface area contributed by atoms with Gasteiger partial charge in [-0.15, -0.1) is 5.01 Å². The number of hydrazine groups is 1. The van der Waals surface area contributed by atoms with E-state index in [1.165, 1.54) is 0 Å². The monoisotopic (exact) mass is 153 g/mol. The van der Waals surface area contributed by atoms with Gasteiger partial charge < -0.3 is 11.2 Å². The molecule has 0 spiro atoms. The van der Waals surface area contributed by atoms with E-state index in [0.717, 1.165) is 6.20 Å². The summed E-state index contributed by atoms with van der Waals surface area (Å²) in [4.78, 5) is 0. The fraction of sp³-hybridized carbons (Fsp3) is 0.500. The Morgan fingerprint density at radius 1 is 1.60 bits per heavy atom. The van der Waals surface area contributed by atoms with Gasteiger partial charge in [0, 0.05) is 11.9 Å². The van der Waals surface area contributed by atoms with E-state index in [1.54, 1.807) is 0 Å². The van der Waals surface area contributed by atoms with E-state index >= 15 is 0 Å². The van der Waals surface area contributed by atoms with Crippen molar-refractivity contribution in [2.75, 3.05) is 6.54 Å². The van der Waals surface area contributed by atoms with E-state index in [2.05, 4.69) is 0 Å². The largest absolute Gasteiger partial charge is 0.477 e. The van der Waals surface area contributed by atoms with Crippen LogP contribution < -0.4 is 11.2 Å². The predicted octanol–water partition coefficient (Wildman–Crippen LogP) is 0.127. The summed E-state index contributed by atoms with van der Waals surface area (Å²) in [5, 5.41) is 0.0995. The van der Waals surface area contributed by atoms with Crippen molar-refractivity contribution in [3.63, 3.8) is 0 Å². The van der Waals surface area contributed by atoms with E-state index in [1.807, 2.05) is 5.43 Å². The van der Waals surface area contributed by atoms with Gasteiger partial charge in [0.25, 0.3) is 0 Å². The minimum Gasteiger partial charge on any atom is -0.400 e. The molecule has 1 rings (SSSR count). The average molecular weight is 153 g/mol. The lowest BCUT2D eigenvalue weighted by Crippen LogP contribution is -2.43. The Balaban J connectivity index is 2.50. The standard InChI is InChI=1S/C4H6F3N3/c5-4(6,7)10-2-3(8)1-9-10/h1,9H,2,8H2. The molecule has 3 nitrogen and oxygen atoms in total. The molecule has 0 bridgehead atoms. The van der Waals surface area contributed by atoms with Crippen molar-refractivity contribution in [2.45, 2.75) is 6.30 Å². The zero-order valence-electron chi connectivity index (χ0n) is 4.94. The molecule has 0 radical (unpaired) electrons. The molecule has 0 aromatic rings. The van der Waals surface area contributed by atoms with Crippen LogP contribution in [-0.4, -0.2) is 17.9 Å². The Labute approximate surface area is 55.3 Å². The number of nitrogens with zero attached hydrogens (tertiary/aromatic N) is 1. The van der Waals surface area contributed by atoms with Gasteiger partial charge in [0.05, 0.1) is 6.54 Å². The van der Waals surface area contributed by atoms with Gasteiger partial charge in [-0.1, -0.05) is 0 Å². The maximum atomic E-state index is 11.7. The van der Waals surface area contributed by atoms with E-state index in [-0.39, 0.29) is 17.3 Å². The van der Waals surface area contributed by atoms with Crippen LogP contribution in [0.1, 0.15) is 0 Å². The predicted molar refractivity (Wildman–Crippen MR) is 28.2 cm³/mol. The number of halogens is 3. The first-order valence-corrected chi connectivity index (χ1v) is 2.55. The molecular formula is C4H6F3N3. The summed E-state index contributed by atoms with van der Waals surface area (Å²) in [6.45, 7) is -0.302. The molecule has 3 N–H and O–H groups in total. The molecule has 0 amide bonds. The van der Waals surface area contributed by atoms with Crippen LogP contribution >= 0.6 is 0 Å². The summed E-state index contributed by atoms with van der Waals surface area (Å²) in [6.07, 6.45) is -3.23. The molecule has 6 heteroatoms. The molecule has 58 valence electrons. The SMILES string of the molecule is NC1=CNN(C(F)(F)F)C1. The zero-order valence-corrected chi connectivity index (χ0v) is 4.94. The van der Waals surface area contributed by atoms with Crippen LogP contribution in [0.2, 0.25) is 0 Å². The summed E-state index contributed by atoms with van der Waals surface area (Å²) < 4.78 is 35.1. The topological polar surface area (TPSA) is 41.3 Å². The van der Waals surface area contributed by atoms with Crippen LogP contribution in [0.15, 0.2) is 11.9 Å². The lowest BCUT2D eigenvalue weighted by Gasteiger charge is -2.18. The number of hydrogen-bond donors (Lipinski definition) is 2. The van der Waals surface area contributed by atoms with Crippen LogP contribution in [0.5, 0.6) is 0 Å². The van der Waals surface area contributed by atoms with E-state index in [4.69, 9.17) is 5.73 Å². The van der Waals surface area contributed by atoms with Gasteiger partial charge in [0.1, 0.15) is 0 Å². The minimum atomic E-state index is -4.35. The van der Waals surface area contributed by atoms with Gasteiger partial charge in [-0.05, 0) is 0 Å². The Morgan fingerprint density at radius 3 is 2.40 bits per heavy atom. The molecule has 0 saturated heterocycles. The van der Waals surface area contributed by atoms with Gasteiger partial charge in [0.15, 0.2) is 0 Å². The third-order valence-electron chi connectivity index (χ3n) is 1.05. The highest BCUT2D eigenvalue weighted by Crippen LogP contribution is 2.21. The fourth-order valence-electron chi connectivity index (χ4n) is 0.598. The number of nitrogens with two attached hydrogens (primary N) is 1. The highest BCUT2D eigenvalue weighted by atomic mass is 19.4. The highest BCUT2D eigenvalue weighted by Gasteiger charge is 2.39. The quantitative estimate of drug-likeness (QED) is 0.486. The lowest BCUT2D eigenvalue weighted by molar-refractivity contribution is -0.253. The second-order valence-corrected chi connectivity index (χ2v) is 1.90. The second kappa shape index (κ2) is 2.05. The first kappa shape index (κ1) is 7.20. The van der Waals surface area contributed by atoms with Crippen molar-refractivity contribution < 1.29 is 13.2 Å². The van der Waals surface area contributed by atoms with Crippen molar-refractivity contribution in [1.82, 2.24) is 10.4 Å². The molecule has 10 heavy (non-hydrogen) atoms. The molecule has 0 unspecified atom stereocenters. The maximum absolute atomic E-state index is 11.7. The molecule has 0 atom stereocenters. The smallest absolute Gasteiger partial charge is 0.400 e. The van der Waals surface area contributed by atoms with Gasteiger partial charge in [-0.2, -0.15) is 13.2 Å². The molecule has 1 aliphatic rings. The first-order chi connectivity index (χ1) is 4.50. The van der Waals surface area contributed by atoms with Crippen LogP contribution in [0.3, 0.4) is 0 Å². The molecule has 0 aromatic carbocycles. The van der Waals surface area contributed by atoms with Crippen LogP contribution in [0.4, 0.5) is 13.2 Å². The molecule has 1 heterocycles. The van der Waals surface area contributed by atoms with Gasteiger partial charge >= 0.3 is 6.30 Å². The van der Waals surface area contributed by atoms with Gasteiger partial charge in [0.2, 0.25) is 0 Å². The van der Waals surface area contributed by atoms with Crippen molar-refractivity contribution >= 4 is 0 Å². The number of rotatable bonds is 0. The van der Waals surface area contributed by atoms with Gasteiger partial charge in [-0.25, -0.2) is 0 Å². The molecular weight excluding hydrogens is 147 g/mol. The van der Waals surface area contributed by atoms with Crippen molar-refractivity contribution in [2.24, 2.45) is 5.73 Å². The minimum absolute atomic E-state index is 0.0995. The zero-order chi connectivity index (χ0) is 7.78. The van der Waals surface area contributed by atoms with Crippen molar-refractivity contribution in [1.29, 1.82) is 0 Å². The van der Waals surface area contributed by atoms with E-state index in [0.29, 0.717) is 0 Å². The maximum Gasteiger partial charge on any atom is 0.477 e. The molecule has 0 aliphatic carbocycles. The van der Waals surface area contributed by atoms with Crippen LogP contribution in [0, 0.1) is 0 Å². The average Bonchev–Trinajstić information content (AvgIpc) is 2.11. The molecule has 0 saturated carbocycles. The Kier molecular flexibility index (Phi) is 1.47. The van der Waals surface area contributed by atoms with E-state index in [9.17, 15) is 13.2 Å². The normalized spacial score (nSPS) is 20.5. The summed E-state index contributed by atoms with van der Waals surface area (Å²) in [7, 11) is 0. The van der Waals surface area contributed by atoms with Crippen molar-refractivity contribution in [3.8, 4) is 0 Å². The summed E-state index contributed by atoms with van der Waals surface area (Å²) in [6, 6.07) is 0. The van der Waals surface area contributed by atoms with E-state index < -0.39 is 6.30 Å². The Morgan fingerprint density at radius 2 is 2.20 bits per heavy atom. The third-order valence-corrected chi connectivity index (χ3v) is 1.05. The molecule has 0 aromatic heterocycles. The molecule has 1 aliphatic heterocycles. The summed E-state index contributed by atoms with van der Waals surface area (Å²) >= 11 is 0. The fourth-order valence-corrected chi connectivity index (χ4v) is 0.598. The highest BCUT2D eigenvalue weighted by molar-refractivity contribution is 5.02. The second-order valence-electron chi connectivity index (χ2n) is 1.90. The number of hydrogen-bond acceptors (Lipinski definition) is 3. The third kappa shape index (κ3) is 1.32. The Hall–Kier alpha value is -0.910. The number of alkyl halides is 3. The number of nitrogens with one attached hydrogen (secondary N) is 1. The van der Waals surface area contributed by atoms with Crippen LogP contribution in [0.25, 0.3) is 0 Å². The van der Waals surface area contributed by atoms with Gasteiger partial charge in [-0.3, -0.25) is 0 Å². The summed E-state index contributed by atoms with van der Waals surface area (Å²) in [5.74, 6) is 0. The Bertz CT molecular complexity index is 162. The van der Waals surface area contributed by atoms with Crippen LogP contribution in [-0.2, 0) is 0 Å². The van der Waals surface area contributed by atoms with Crippen molar-refractivity contribution in [3.05, 3.63) is 11.9 Å². The molecule has 0 fully saturated rings. The first-order valence-electron chi connectivity index (χ1n) is 2.55. The lowest BCUT2D eigenvalue weighted by atomic mass is 10.5.